The molecular formula is C13H17N3O2. The van der Waals surface area contributed by atoms with E-state index in [0.29, 0.717) is 12.1 Å². The largest absolute Gasteiger partial charge is 0.396 e. The topological polar surface area (TPSA) is 78.0 Å². The number of amides is 1. The van der Waals surface area contributed by atoms with Crippen LogP contribution in [0.1, 0.15) is 30.3 Å². The summed E-state index contributed by atoms with van der Waals surface area (Å²) in [5, 5.41) is 19.5. The quantitative estimate of drug-likeness (QED) is 0.748. The number of benzene rings is 1. The van der Waals surface area contributed by atoms with Crippen LogP contribution in [-0.4, -0.2) is 33.9 Å². The second kappa shape index (κ2) is 5.64. The number of rotatable bonds is 5. The number of fused-ring (bicyclic) bond motifs is 1. The third-order valence-corrected chi connectivity index (χ3v) is 2.99. The van der Waals surface area contributed by atoms with Crippen LogP contribution < -0.4 is 5.32 Å². The summed E-state index contributed by atoms with van der Waals surface area (Å²) in [5.41, 5.74) is 1.25. The monoisotopic (exact) mass is 247 g/mol. The number of nitrogens with one attached hydrogen (secondary N) is 2. The Morgan fingerprint density at radius 2 is 2.28 bits per heavy atom. The summed E-state index contributed by atoms with van der Waals surface area (Å²) in [4.78, 5) is 12.1. The fourth-order valence-electron chi connectivity index (χ4n) is 1.92. The van der Waals surface area contributed by atoms with E-state index in [9.17, 15) is 4.79 Å². The number of carbonyl (C=O) groups is 1. The van der Waals surface area contributed by atoms with Gasteiger partial charge in [0.25, 0.3) is 5.91 Å². The Morgan fingerprint density at radius 1 is 1.50 bits per heavy atom. The molecule has 3 N–H and O–H groups in total. The molecule has 1 atom stereocenters. The van der Waals surface area contributed by atoms with E-state index in [-0.39, 0.29) is 18.6 Å². The molecule has 2 rings (SSSR count). The van der Waals surface area contributed by atoms with Crippen molar-refractivity contribution in [2.45, 2.75) is 25.8 Å². The predicted octanol–water partition coefficient (Wildman–Crippen LogP) is 1.45. The molecule has 1 heterocycles. The predicted molar refractivity (Wildman–Crippen MR) is 69.3 cm³/mol. The zero-order chi connectivity index (χ0) is 13.0. The van der Waals surface area contributed by atoms with Crippen LogP contribution in [0.3, 0.4) is 0 Å². The van der Waals surface area contributed by atoms with Gasteiger partial charge in [-0.05, 0) is 18.9 Å². The minimum atomic E-state index is -0.201. The van der Waals surface area contributed by atoms with Crippen molar-refractivity contribution < 1.29 is 9.90 Å². The third-order valence-electron chi connectivity index (χ3n) is 2.99. The molecular weight excluding hydrogens is 230 g/mol. The molecule has 0 aliphatic carbocycles. The Kier molecular flexibility index (Phi) is 3.94. The maximum atomic E-state index is 12.1. The molecule has 0 spiro atoms. The maximum absolute atomic E-state index is 12.1. The molecule has 1 unspecified atom stereocenters. The van der Waals surface area contributed by atoms with Gasteiger partial charge < -0.3 is 10.4 Å². The Morgan fingerprint density at radius 3 is 3.00 bits per heavy atom. The molecule has 0 radical (unpaired) electrons. The van der Waals surface area contributed by atoms with Gasteiger partial charge >= 0.3 is 0 Å². The lowest BCUT2D eigenvalue weighted by atomic mass is 10.1. The van der Waals surface area contributed by atoms with E-state index < -0.39 is 0 Å². The lowest BCUT2D eigenvalue weighted by molar-refractivity contribution is 0.0925. The van der Waals surface area contributed by atoms with E-state index in [4.69, 9.17) is 5.11 Å². The SMILES string of the molecule is CCC(CCO)NC(=O)c1n[nH]c2ccccc12. The average Bonchev–Trinajstić information content (AvgIpc) is 2.82. The summed E-state index contributed by atoms with van der Waals surface area (Å²) in [6, 6.07) is 7.49. The van der Waals surface area contributed by atoms with E-state index in [0.717, 1.165) is 17.3 Å². The minimum Gasteiger partial charge on any atom is -0.396 e. The number of aliphatic hydroxyl groups is 1. The number of hydrogen-bond donors (Lipinski definition) is 3. The Balaban J connectivity index is 2.18. The number of aliphatic hydroxyl groups excluding tert-OH is 1. The molecule has 5 nitrogen and oxygen atoms in total. The van der Waals surface area contributed by atoms with Crippen LogP contribution in [-0.2, 0) is 0 Å². The van der Waals surface area contributed by atoms with Gasteiger partial charge in [0.15, 0.2) is 5.69 Å². The lowest BCUT2D eigenvalue weighted by Crippen LogP contribution is -2.35. The van der Waals surface area contributed by atoms with Crippen molar-refractivity contribution in [3.63, 3.8) is 0 Å². The van der Waals surface area contributed by atoms with Crippen LogP contribution in [0, 0.1) is 0 Å². The van der Waals surface area contributed by atoms with Crippen molar-refractivity contribution in [1.29, 1.82) is 0 Å². The first-order valence-electron chi connectivity index (χ1n) is 6.11. The molecule has 0 saturated carbocycles. The van der Waals surface area contributed by atoms with Crippen LogP contribution in [0.4, 0.5) is 0 Å². The van der Waals surface area contributed by atoms with Crippen molar-refractivity contribution >= 4 is 16.8 Å². The van der Waals surface area contributed by atoms with Gasteiger partial charge in [0.05, 0.1) is 5.52 Å². The van der Waals surface area contributed by atoms with Gasteiger partial charge in [0.1, 0.15) is 0 Å². The van der Waals surface area contributed by atoms with E-state index in [1.54, 1.807) is 0 Å². The van der Waals surface area contributed by atoms with Gasteiger partial charge in [-0.1, -0.05) is 25.1 Å². The fourth-order valence-corrected chi connectivity index (χ4v) is 1.92. The molecule has 0 aliphatic heterocycles. The standard InChI is InChI=1S/C13H17N3O2/c1-2-9(7-8-17)14-13(18)12-10-5-3-4-6-11(10)15-16-12/h3-6,9,17H,2,7-8H2,1H3,(H,14,18)(H,15,16). The van der Waals surface area contributed by atoms with Crippen molar-refractivity contribution in [2.24, 2.45) is 0 Å². The van der Waals surface area contributed by atoms with Gasteiger partial charge in [-0.3, -0.25) is 9.89 Å². The Hall–Kier alpha value is -1.88. The van der Waals surface area contributed by atoms with Crippen molar-refractivity contribution in [3.05, 3.63) is 30.0 Å². The summed E-state index contributed by atoms with van der Waals surface area (Å²) >= 11 is 0. The first kappa shape index (κ1) is 12.6. The molecule has 1 aromatic heterocycles. The summed E-state index contributed by atoms with van der Waals surface area (Å²) < 4.78 is 0. The average molecular weight is 247 g/mol. The van der Waals surface area contributed by atoms with Crippen LogP contribution in [0.25, 0.3) is 10.9 Å². The molecule has 2 aromatic rings. The van der Waals surface area contributed by atoms with Crippen LogP contribution in [0.15, 0.2) is 24.3 Å². The van der Waals surface area contributed by atoms with Gasteiger partial charge in [0, 0.05) is 18.0 Å². The van der Waals surface area contributed by atoms with Crippen LogP contribution in [0.5, 0.6) is 0 Å². The molecule has 1 amide bonds. The van der Waals surface area contributed by atoms with E-state index in [1.165, 1.54) is 0 Å². The number of H-pyrrole nitrogens is 1. The Labute approximate surface area is 105 Å². The van der Waals surface area contributed by atoms with Crippen molar-refractivity contribution in [1.82, 2.24) is 15.5 Å². The molecule has 96 valence electrons. The summed E-state index contributed by atoms with van der Waals surface area (Å²) in [6.45, 7) is 2.05. The first-order chi connectivity index (χ1) is 8.76. The number of hydrogen-bond acceptors (Lipinski definition) is 3. The van der Waals surface area contributed by atoms with Gasteiger partial charge in [-0.2, -0.15) is 5.10 Å². The smallest absolute Gasteiger partial charge is 0.272 e. The number of aromatic amines is 1. The number of para-hydroxylation sites is 1. The zero-order valence-electron chi connectivity index (χ0n) is 10.3. The third kappa shape index (κ3) is 2.51. The van der Waals surface area contributed by atoms with Gasteiger partial charge in [-0.25, -0.2) is 0 Å². The zero-order valence-corrected chi connectivity index (χ0v) is 10.3. The maximum Gasteiger partial charge on any atom is 0.272 e. The molecule has 0 aliphatic rings. The van der Waals surface area contributed by atoms with Crippen LogP contribution in [0.2, 0.25) is 0 Å². The summed E-state index contributed by atoms with van der Waals surface area (Å²) in [7, 11) is 0. The molecule has 0 saturated heterocycles. The first-order valence-corrected chi connectivity index (χ1v) is 6.11. The second-order valence-electron chi connectivity index (χ2n) is 4.21. The highest BCUT2D eigenvalue weighted by atomic mass is 16.3. The highest BCUT2D eigenvalue weighted by molar-refractivity contribution is 6.04. The fraction of sp³-hybridized carbons (Fsp3) is 0.385. The molecule has 18 heavy (non-hydrogen) atoms. The van der Waals surface area contributed by atoms with E-state index >= 15 is 0 Å². The highest BCUT2D eigenvalue weighted by Gasteiger charge is 2.16. The summed E-state index contributed by atoms with van der Waals surface area (Å²) in [5.74, 6) is -0.201. The number of carbonyl (C=O) groups excluding carboxylic acids is 1. The van der Waals surface area contributed by atoms with E-state index in [2.05, 4.69) is 15.5 Å². The van der Waals surface area contributed by atoms with E-state index in [1.807, 2.05) is 31.2 Å². The lowest BCUT2D eigenvalue weighted by Gasteiger charge is -2.14. The Bertz CT molecular complexity index is 536. The van der Waals surface area contributed by atoms with Crippen LogP contribution >= 0.6 is 0 Å². The molecule has 1 aromatic carbocycles. The minimum absolute atomic E-state index is 0.0158. The number of aromatic nitrogens is 2. The summed E-state index contributed by atoms with van der Waals surface area (Å²) in [6.07, 6.45) is 1.35. The molecule has 0 fully saturated rings. The molecule has 5 heteroatoms. The highest BCUT2D eigenvalue weighted by Crippen LogP contribution is 2.15. The molecule has 0 bridgehead atoms. The van der Waals surface area contributed by atoms with Crippen molar-refractivity contribution in [3.8, 4) is 0 Å². The number of nitrogens with zero attached hydrogens (tertiary/aromatic N) is 1. The second-order valence-corrected chi connectivity index (χ2v) is 4.21. The van der Waals surface area contributed by atoms with Gasteiger partial charge in [-0.15, -0.1) is 0 Å². The van der Waals surface area contributed by atoms with Crippen molar-refractivity contribution in [2.75, 3.05) is 6.61 Å². The van der Waals surface area contributed by atoms with Gasteiger partial charge in [0.2, 0.25) is 0 Å². The normalized spacial score (nSPS) is 12.6.